The van der Waals surface area contributed by atoms with Crippen LogP contribution >= 0.6 is 0 Å². The molecule has 0 radical (unpaired) electrons. The monoisotopic (exact) mass is 218 g/mol. The summed E-state index contributed by atoms with van der Waals surface area (Å²) < 4.78 is 0. The van der Waals surface area contributed by atoms with Gasteiger partial charge in [0.05, 0.1) is 5.56 Å². The Hall–Kier alpha value is -1.64. The van der Waals surface area contributed by atoms with Crippen LogP contribution in [0.5, 0.6) is 0 Å². The van der Waals surface area contributed by atoms with Crippen molar-refractivity contribution in [2.24, 2.45) is 0 Å². The van der Waals surface area contributed by atoms with Crippen molar-refractivity contribution in [3.8, 4) is 0 Å². The van der Waals surface area contributed by atoms with E-state index in [2.05, 4.69) is 0 Å². The summed E-state index contributed by atoms with van der Waals surface area (Å²) >= 11 is 0. The molecule has 1 aliphatic rings. The largest absolute Gasteiger partial charge is 0.478 e. The van der Waals surface area contributed by atoms with Gasteiger partial charge in [0.2, 0.25) is 0 Å². The molecule has 1 saturated carbocycles. The lowest BCUT2D eigenvalue weighted by Crippen LogP contribution is -2.13. The molecule has 84 valence electrons. The summed E-state index contributed by atoms with van der Waals surface area (Å²) in [5.41, 5.74) is 1.38. The fraction of sp³-hybridized carbons (Fsp3) is 0.385. The molecule has 1 N–H and O–H groups in total. The van der Waals surface area contributed by atoms with Gasteiger partial charge in [0.1, 0.15) is 5.78 Å². The van der Waals surface area contributed by atoms with Crippen LogP contribution in [0.25, 0.3) is 0 Å². The van der Waals surface area contributed by atoms with Gasteiger partial charge in [-0.25, -0.2) is 4.79 Å². The van der Waals surface area contributed by atoms with Gasteiger partial charge >= 0.3 is 5.97 Å². The van der Waals surface area contributed by atoms with E-state index in [0.29, 0.717) is 24.2 Å². The molecule has 3 heteroatoms. The molecule has 16 heavy (non-hydrogen) atoms. The zero-order valence-electron chi connectivity index (χ0n) is 8.98. The first-order chi connectivity index (χ1) is 7.66. The van der Waals surface area contributed by atoms with E-state index >= 15 is 0 Å². The fourth-order valence-corrected chi connectivity index (χ4v) is 2.21. The van der Waals surface area contributed by atoms with Crippen LogP contribution in [0.3, 0.4) is 0 Å². The van der Waals surface area contributed by atoms with Gasteiger partial charge in [0.25, 0.3) is 0 Å². The molecule has 1 aliphatic carbocycles. The highest BCUT2D eigenvalue weighted by molar-refractivity contribution is 5.87. The molecular formula is C13H14O3. The second kappa shape index (κ2) is 4.47. The number of Topliss-reactive ketones (excluding diaryl/α,β-unsaturated/α-hetero) is 1. The van der Waals surface area contributed by atoms with Crippen molar-refractivity contribution in [1.82, 2.24) is 0 Å². The van der Waals surface area contributed by atoms with E-state index < -0.39 is 5.97 Å². The highest BCUT2D eigenvalue weighted by atomic mass is 16.4. The van der Waals surface area contributed by atoms with Gasteiger partial charge in [-0.15, -0.1) is 0 Å². The van der Waals surface area contributed by atoms with E-state index in [1.165, 1.54) is 0 Å². The normalized spacial score (nSPS) is 20.8. The van der Waals surface area contributed by atoms with Gasteiger partial charge < -0.3 is 5.11 Å². The summed E-state index contributed by atoms with van der Waals surface area (Å²) in [6, 6.07) is 6.87. The third-order valence-corrected chi connectivity index (χ3v) is 3.11. The van der Waals surface area contributed by atoms with Crippen LogP contribution in [0.2, 0.25) is 0 Å². The van der Waals surface area contributed by atoms with E-state index in [0.717, 1.165) is 18.4 Å². The van der Waals surface area contributed by atoms with E-state index in [4.69, 9.17) is 5.11 Å². The van der Waals surface area contributed by atoms with Crippen molar-refractivity contribution in [3.63, 3.8) is 0 Å². The molecule has 1 unspecified atom stereocenters. The molecular weight excluding hydrogens is 204 g/mol. The quantitative estimate of drug-likeness (QED) is 0.830. The van der Waals surface area contributed by atoms with Crippen LogP contribution in [-0.4, -0.2) is 16.9 Å². The minimum absolute atomic E-state index is 0.282. The van der Waals surface area contributed by atoms with Crippen LogP contribution in [0.4, 0.5) is 0 Å². The van der Waals surface area contributed by atoms with Crippen LogP contribution < -0.4 is 0 Å². The fourth-order valence-electron chi connectivity index (χ4n) is 2.21. The first kappa shape index (κ1) is 10.9. The molecule has 3 nitrogen and oxygen atoms in total. The first-order valence-corrected chi connectivity index (χ1v) is 5.52. The molecule has 2 rings (SSSR count). The number of carbonyl (C=O) groups excluding carboxylic acids is 1. The number of carboxylic acids is 1. The summed E-state index contributed by atoms with van der Waals surface area (Å²) in [5, 5.41) is 8.77. The Morgan fingerprint density at radius 1 is 1.25 bits per heavy atom. The number of ketones is 1. The highest BCUT2D eigenvalue weighted by Gasteiger charge is 2.20. The molecule has 0 heterocycles. The van der Waals surface area contributed by atoms with Crippen molar-refractivity contribution in [1.29, 1.82) is 0 Å². The lowest BCUT2D eigenvalue weighted by atomic mass is 9.83. The second-order valence-corrected chi connectivity index (χ2v) is 4.26. The zero-order valence-corrected chi connectivity index (χ0v) is 8.98. The third-order valence-electron chi connectivity index (χ3n) is 3.11. The molecule has 1 fully saturated rings. The van der Waals surface area contributed by atoms with Crippen molar-refractivity contribution >= 4 is 11.8 Å². The van der Waals surface area contributed by atoms with Crippen molar-refractivity contribution in [2.75, 3.05) is 0 Å². The topological polar surface area (TPSA) is 54.4 Å². The molecule has 0 saturated heterocycles. The van der Waals surface area contributed by atoms with Gasteiger partial charge in [-0.3, -0.25) is 4.79 Å². The zero-order chi connectivity index (χ0) is 11.5. The summed E-state index contributed by atoms with van der Waals surface area (Å²) in [4.78, 5) is 22.0. The molecule has 0 amide bonds. The van der Waals surface area contributed by atoms with Gasteiger partial charge in [-0.2, -0.15) is 0 Å². The first-order valence-electron chi connectivity index (χ1n) is 5.52. The summed E-state index contributed by atoms with van der Waals surface area (Å²) in [5.74, 6) is -0.311. The van der Waals surface area contributed by atoms with E-state index in [9.17, 15) is 9.59 Å². The van der Waals surface area contributed by atoms with Crippen molar-refractivity contribution in [3.05, 3.63) is 35.4 Å². The maximum Gasteiger partial charge on any atom is 0.335 e. The number of benzene rings is 1. The number of carbonyl (C=O) groups is 2. The summed E-state index contributed by atoms with van der Waals surface area (Å²) in [6.45, 7) is 0. The molecule has 0 spiro atoms. The Morgan fingerprint density at radius 3 is 2.50 bits per heavy atom. The molecule has 0 bridgehead atoms. The van der Waals surface area contributed by atoms with Crippen LogP contribution in [-0.2, 0) is 4.79 Å². The number of hydrogen-bond acceptors (Lipinski definition) is 2. The predicted molar refractivity (Wildman–Crippen MR) is 59.6 cm³/mol. The SMILES string of the molecule is O=C1CCCC(c2ccc(C(=O)O)cc2)C1. The van der Waals surface area contributed by atoms with Gasteiger partial charge in [-0.05, 0) is 36.5 Å². The minimum Gasteiger partial charge on any atom is -0.478 e. The molecule has 0 aromatic heterocycles. The molecule has 1 aromatic rings. The van der Waals surface area contributed by atoms with Crippen LogP contribution in [0.1, 0.15) is 47.5 Å². The van der Waals surface area contributed by atoms with E-state index in [-0.39, 0.29) is 5.92 Å². The Morgan fingerprint density at radius 2 is 1.94 bits per heavy atom. The highest BCUT2D eigenvalue weighted by Crippen LogP contribution is 2.30. The Labute approximate surface area is 94.1 Å². The van der Waals surface area contributed by atoms with Crippen LogP contribution in [0, 0.1) is 0 Å². The van der Waals surface area contributed by atoms with Crippen molar-refractivity contribution < 1.29 is 14.7 Å². The molecule has 0 aliphatic heterocycles. The Balaban J connectivity index is 2.14. The average Bonchev–Trinajstić information content (AvgIpc) is 2.29. The number of aromatic carboxylic acids is 1. The Kier molecular flexibility index (Phi) is 3.04. The van der Waals surface area contributed by atoms with Crippen molar-refractivity contribution in [2.45, 2.75) is 31.6 Å². The van der Waals surface area contributed by atoms with Gasteiger partial charge in [0.15, 0.2) is 0 Å². The Bertz CT molecular complexity index is 406. The standard InChI is InChI=1S/C13H14O3/c14-12-3-1-2-11(8-12)9-4-6-10(7-5-9)13(15)16/h4-7,11H,1-3,8H2,(H,15,16). The summed E-state index contributed by atoms with van der Waals surface area (Å²) in [6.07, 6.45) is 3.28. The minimum atomic E-state index is -0.911. The lowest BCUT2D eigenvalue weighted by molar-refractivity contribution is -0.120. The molecule has 1 atom stereocenters. The van der Waals surface area contributed by atoms with Crippen LogP contribution in [0.15, 0.2) is 24.3 Å². The number of rotatable bonds is 2. The van der Waals surface area contributed by atoms with E-state index in [1.54, 1.807) is 12.1 Å². The number of hydrogen-bond donors (Lipinski definition) is 1. The van der Waals surface area contributed by atoms with Gasteiger partial charge in [-0.1, -0.05) is 12.1 Å². The summed E-state index contributed by atoms with van der Waals surface area (Å²) in [7, 11) is 0. The second-order valence-electron chi connectivity index (χ2n) is 4.26. The predicted octanol–water partition coefficient (Wildman–Crippen LogP) is 2.61. The van der Waals surface area contributed by atoms with Gasteiger partial charge in [0, 0.05) is 12.8 Å². The average molecular weight is 218 g/mol. The number of carboxylic acid groups (broad SMARTS) is 1. The lowest BCUT2D eigenvalue weighted by Gasteiger charge is -2.21. The maximum atomic E-state index is 11.3. The smallest absolute Gasteiger partial charge is 0.335 e. The van der Waals surface area contributed by atoms with E-state index in [1.807, 2.05) is 12.1 Å². The molecule has 1 aromatic carbocycles. The third kappa shape index (κ3) is 2.30. The maximum absolute atomic E-state index is 11.3.